The standard InChI is InChI=1S/C36H48FN3O7S/c1-25-21-40(26(2)24-41)36(42)33-20-30(38-48(43,44)32-16-11-29(37)12-17-32)13-18-34(33)47-27(3)8-6-7-19-46-35(25)23-39(4)22-28-9-14-31(45-5)15-10-28/h9-18,20,25-27,35,38,41H,6-8,19,21-24H2,1-5H3/t25-,26+,27+,35-/m1/s1. The largest absolute Gasteiger partial charge is 0.497 e. The van der Waals surface area contributed by atoms with Crippen LogP contribution in [0, 0.1) is 11.7 Å². The topological polar surface area (TPSA) is 118 Å². The highest BCUT2D eigenvalue weighted by atomic mass is 32.2. The molecule has 262 valence electrons. The van der Waals surface area contributed by atoms with Gasteiger partial charge < -0.3 is 24.2 Å². The molecule has 3 aromatic rings. The number of fused-ring (bicyclic) bond motifs is 1. The van der Waals surface area contributed by atoms with Crippen molar-refractivity contribution in [2.75, 3.05) is 45.2 Å². The third-order valence-electron chi connectivity index (χ3n) is 8.53. The minimum atomic E-state index is -4.07. The minimum absolute atomic E-state index is 0.118. The SMILES string of the molecule is COc1ccc(CN(C)C[C@H]2OCCCC[C@H](C)Oc3ccc(NS(=O)(=O)c4ccc(F)cc4)cc3C(=O)N([C@@H](C)CO)C[C@H]2C)cc1. The number of sulfonamides is 1. The number of aliphatic hydroxyl groups excluding tert-OH is 1. The average Bonchev–Trinajstić information content (AvgIpc) is 3.06. The highest BCUT2D eigenvalue weighted by Gasteiger charge is 2.30. The van der Waals surface area contributed by atoms with Gasteiger partial charge in [0.15, 0.2) is 0 Å². The summed E-state index contributed by atoms with van der Waals surface area (Å²) >= 11 is 0. The van der Waals surface area contributed by atoms with Gasteiger partial charge in [0.2, 0.25) is 0 Å². The lowest BCUT2D eigenvalue weighted by atomic mass is 10.0. The van der Waals surface area contributed by atoms with E-state index in [1.807, 2.05) is 45.2 Å². The Bertz CT molecular complexity index is 1590. The summed E-state index contributed by atoms with van der Waals surface area (Å²) in [5, 5.41) is 10.2. The van der Waals surface area contributed by atoms with Gasteiger partial charge in [-0.25, -0.2) is 12.8 Å². The van der Waals surface area contributed by atoms with E-state index in [4.69, 9.17) is 14.2 Å². The Hall–Kier alpha value is -3.71. The van der Waals surface area contributed by atoms with E-state index in [2.05, 4.69) is 9.62 Å². The molecule has 2 N–H and O–H groups in total. The number of halogens is 1. The molecule has 4 atom stereocenters. The molecule has 0 radical (unpaired) electrons. The smallest absolute Gasteiger partial charge is 0.261 e. The second-order valence-electron chi connectivity index (χ2n) is 12.6. The summed E-state index contributed by atoms with van der Waals surface area (Å²) in [6, 6.07) is 16.5. The van der Waals surface area contributed by atoms with Crippen LogP contribution in [0.4, 0.5) is 10.1 Å². The van der Waals surface area contributed by atoms with E-state index in [9.17, 15) is 22.7 Å². The second kappa shape index (κ2) is 17.1. The minimum Gasteiger partial charge on any atom is -0.497 e. The van der Waals surface area contributed by atoms with Crippen molar-refractivity contribution in [1.29, 1.82) is 0 Å². The van der Waals surface area contributed by atoms with E-state index in [1.54, 1.807) is 25.0 Å². The fraction of sp³-hybridized carbons (Fsp3) is 0.472. The van der Waals surface area contributed by atoms with Gasteiger partial charge in [-0.1, -0.05) is 19.1 Å². The van der Waals surface area contributed by atoms with Gasteiger partial charge in [0, 0.05) is 37.8 Å². The zero-order valence-corrected chi connectivity index (χ0v) is 29.2. The molecule has 4 rings (SSSR count). The predicted molar refractivity (Wildman–Crippen MR) is 183 cm³/mol. The van der Waals surface area contributed by atoms with Crippen LogP contribution in [-0.2, 0) is 21.3 Å². The van der Waals surface area contributed by atoms with Gasteiger partial charge in [-0.15, -0.1) is 0 Å². The molecule has 0 bridgehead atoms. The Labute approximate surface area is 283 Å². The molecule has 0 spiro atoms. The van der Waals surface area contributed by atoms with E-state index >= 15 is 0 Å². The quantitative estimate of drug-likeness (QED) is 0.285. The number of ether oxygens (including phenoxy) is 3. The first-order valence-electron chi connectivity index (χ1n) is 16.3. The number of carbonyl (C=O) groups is 1. The molecule has 0 saturated heterocycles. The molecule has 3 aromatic carbocycles. The molecule has 48 heavy (non-hydrogen) atoms. The molecule has 1 amide bonds. The molecular formula is C36H48FN3O7S. The number of rotatable bonds is 10. The highest BCUT2D eigenvalue weighted by molar-refractivity contribution is 7.92. The van der Waals surface area contributed by atoms with Crippen LogP contribution in [0.25, 0.3) is 0 Å². The van der Waals surface area contributed by atoms with Crippen molar-refractivity contribution < 1.29 is 36.9 Å². The number of carbonyl (C=O) groups excluding carboxylic acids is 1. The Morgan fingerprint density at radius 2 is 1.79 bits per heavy atom. The van der Waals surface area contributed by atoms with Gasteiger partial charge in [0.25, 0.3) is 15.9 Å². The van der Waals surface area contributed by atoms with Crippen LogP contribution in [0.2, 0.25) is 0 Å². The second-order valence-corrected chi connectivity index (χ2v) is 14.3. The zero-order chi connectivity index (χ0) is 34.8. The zero-order valence-electron chi connectivity index (χ0n) is 28.4. The molecule has 0 aliphatic carbocycles. The molecule has 1 aliphatic heterocycles. The van der Waals surface area contributed by atoms with E-state index in [-0.39, 0.29) is 47.4 Å². The Morgan fingerprint density at radius 1 is 1.08 bits per heavy atom. The van der Waals surface area contributed by atoms with Crippen molar-refractivity contribution in [2.45, 2.75) is 69.7 Å². The van der Waals surface area contributed by atoms with Gasteiger partial charge in [0.05, 0.1) is 42.4 Å². The number of nitrogens with one attached hydrogen (secondary N) is 1. The first-order valence-corrected chi connectivity index (χ1v) is 17.8. The van der Waals surface area contributed by atoms with E-state index in [0.29, 0.717) is 25.4 Å². The summed E-state index contributed by atoms with van der Waals surface area (Å²) in [7, 11) is -0.395. The summed E-state index contributed by atoms with van der Waals surface area (Å²) < 4.78 is 60.2. The fourth-order valence-electron chi connectivity index (χ4n) is 5.69. The van der Waals surface area contributed by atoms with Gasteiger partial charge in [-0.3, -0.25) is 14.4 Å². The van der Waals surface area contributed by atoms with Crippen molar-refractivity contribution in [3.05, 3.63) is 83.7 Å². The maximum absolute atomic E-state index is 14.4. The van der Waals surface area contributed by atoms with Crippen LogP contribution in [0.3, 0.4) is 0 Å². The van der Waals surface area contributed by atoms with Crippen molar-refractivity contribution in [2.24, 2.45) is 5.92 Å². The summed E-state index contributed by atoms with van der Waals surface area (Å²) in [5.41, 5.74) is 1.45. The maximum Gasteiger partial charge on any atom is 0.261 e. The normalized spacial score (nSPS) is 20.4. The van der Waals surface area contributed by atoms with Crippen molar-refractivity contribution in [3.8, 4) is 11.5 Å². The first kappa shape index (κ1) is 37.1. The Kier molecular flexibility index (Phi) is 13.2. The molecule has 0 saturated carbocycles. The van der Waals surface area contributed by atoms with Crippen LogP contribution in [0.15, 0.2) is 71.6 Å². The number of aliphatic hydroxyl groups is 1. The highest BCUT2D eigenvalue weighted by Crippen LogP contribution is 2.30. The van der Waals surface area contributed by atoms with E-state index in [1.165, 1.54) is 24.3 Å². The molecule has 1 aliphatic rings. The molecule has 0 fully saturated rings. The predicted octanol–water partition coefficient (Wildman–Crippen LogP) is 5.56. The summed E-state index contributed by atoms with van der Waals surface area (Å²) in [6.45, 7) is 7.62. The summed E-state index contributed by atoms with van der Waals surface area (Å²) in [4.78, 5) is 18.0. The molecule has 1 heterocycles. The van der Waals surface area contributed by atoms with E-state index < -0.39 is 27.8 Å². The number of benzene rings is 3. The Morgan fingerprint density at radius 3 is 2.46 bits per heavy atom. The van der Waals surface area contributed by atoms with Gasteiger partial charge in [0.1, 0.15) is 17.3 Å². The molecule has 0 aromatic heterocycles. The van der Waals surface area contributed by atoms with Crippen LogP contribution in [0.5, 0.6) is 11.5 Å². The third kappa shape index (κ3) is 10.1. The van der Waals surface area contributed by atoms with E-state index in [0.717, 1.165) is 42.7 Å². The van der Waals surface area contributed by atoms with Crippen LogP contribution in [-0.4, -0.2) is 87.9 Å². The molecular weight excluding hydrogens is 637 g/mol. The lowest BCUT2D eigenvalue weighted by molar-refractivity contribution is -0.0177. The fourth-order valence-corrected chi connectivity index (χ4v) is 6.74. The maximum atomic E-state index is 14.4. The lowest BCUT2D eigenvalue weighted by Crippen LogP contribution is -2.47. The van der Waals surface area contributed by atoms with Crippen molar-refractivity contribution >= 4 is 21.6 Å². The monoisotopic (exact) mass is 685 g/mol. The van der Waals surface area contributed by atoms with Crippen LogP contribution < -0.4 is 14.2 Å². The summed E-state index contributed by atoms with van der Waals surface area (Å²) in [6.07, 6.45) is 1.99. The third-order valence-corrected chi connectivity index (χ3v) is 9.93. The molecule has 12 heteroatoms. The molecule has 0 unspecified atom stereocenters. The first-order chi connectivity index (χ1) is 22.9. The van der Waals surface area contributed by atoms with Crippen LogP contribution in [0.1, 0.15) is 56.0 Å². The number of anilines is 1. The lowest BCUT2D eigenvalue weighted by Gasteiger charge is -2.36. The number of hydrogen-bond donors (Lipinski definition) is 2. The number of hydrogen-bond acceptors (Lipinski definition) is 8. The number of likely N-dealkylation sites (N-methyl/N-ethyl adjacent to an activating group) is 1. The van der Waals surface area contributed by atoms with Crippen LogP contribution >= 0.6 is 0 Å². The number of nitrogens with zero attached hydrogens (tertiary/aromatic N) is 2. The van der Waals surface area contributed by atoms with Crippen molar-refractivity contribution in [3.63, 3.8) is 0 Å². The average molecular weight is 686 g/mol. The van der Waals surface area contributed by atoms with Gasteiger partial charge in [-0.2, -0.15) is 0 Å². The molecule has 10 nitrogen and oxygen atoms in total. The van der Waals surface area contributed by atoms with Gasteiger partial charge >= 0.3 is 0 Å². The number of methoxy groups -OCH3 is 1. The summed E-state index contributed by atoms with van der Waals surface area (Å²) in [5.74, 6) is 0.0411. The number of amides is 1. The van der Waals surface area contributed by atoms with Gasteiger partial charge in [-0.05, 0) is 100 Å². The Balaban J connectivity index is 1.62. The van der Waals surface area contributed by atoms with Crippen molar-refractivity contribution in [1.82, 2.24) is 9.80 Å².